The predicted molar refractivity (Wildman–Crippen MR) is 199 cm³/mol. The number of benzene rings is 8. The van der Waals surface area contributed by atoms with E-state index in [1.54, 1.807) is 0 Å². The second-order valence-electron chi connectivity index (χ2n) is 12.6. The molecule has 0 aliphatic heterocycles. The van der Waals surface area contributed by atoms with Gasteiger partial charge in [-0.05, 0) is 98.2 Å². The number of hydrogen-bond donors (Lipinski definition) is 1. The molecule has 0 saturated heterocycles. The molecule has 8 aromatic carbocycles. The lowest BCUT2D eigenvalue weighted by Crippen LogP contribution is -1.91. The van der Waals surface area contributed by atoms with Crippen LogP contribution >= 0.6 is 0 Å². The molecular weight excluding hydrogens is 588 g/mol. The smallest absolute Gasteiger partial charge is 0.177 e. The Morgan fingerprint density at radius 2 is 1.02 bits per heavy atom. The molecule has 1 N–H and O–H groups in total. The molecule has 0 radical (unpaired) electrons. The molecule has 0 aliphatic carbocycles. The zero-order chi connectivity index (χ0) is 31.9. The SMILES string of the molecule is Cc1ccccc1-c1ccc2c(oc3cccc(-c4c5ccccc5c(-c5ccc6oc7ccccc7c6c5)c5ccccc45)c32)c1O. The van der Waals surface area contributed by atoms with Crippen LogP contribution in [-0.4, -0.2) is 5.11 Å². The molecule has 2 aromatic heterocycles. The third-order valence-electron chi connectivity index (χ3n) is 9.94. The molecule has 226 valence electrons. The quantitative estimate of drug-likeness (QED) is 0.201. The topological polar surface area (TPSA) is 46.5 Å². The van der Waals surface area contributed by atoms with Crippen LogP contribution < -0.4 is 0 Å². The Bertz CT molecular complexity index is 2860. The van der Waals surface area contributed by atoms with Crippen molar-refractivity contribution in [3.05, 3.63) is 151 Å². The van der Waals surface area contributed by atoms with Gasteiger partial charge in [0.25, 0.3) is 0 Å². The number of fused-ring (bicyclic) bond motifs is 8. The minimum Gasteiger partial charge on any atom is -0.504 e. The Morgan fingerprint density at radius 1 is 0.417 bits per heavy atom. The Morgan fingerprint density at radius 3 is 1.77 bits per heavy atom. The lowest BCUT2D eigenvalue weighted by atomic mass is 9.84. The van der Waals surface area contributed by atoms with Crippen molar-refractivity contribution in [3.8, 4) is 39.1 Å². The molecule has 10 aromatic rings. The molecular formula is C45H28O3. The van der Waals surface area contributed by atoms with E-state index in [1.165, 1.54) is 16.3 Å². The van der Waals surface area contributed by atoms with Crippen molar-refractivity contribution in [1.82, 2.24) is 0 Å². The van der Waals surface area contributed by atoms with Crippen molar-refractivity contribution in [3.63, 3.8) is 0 Å². The van der Waals surface area contributed by atoms with Crippen LogP contribution in [0.3, 0.4) is 0 Å². The predicted octanol–water partition coefficient (Wildman–Crippen LogP) is 12.8. The fraction of sp³-hybridized carbons (Fsp3) is 0.0222. The number of furan rings is 2. The summed E-state index contributed by atoms with van der Waals surface area (Å²) in [6.45, 7) is 2.06. The first kappa shape index (κ1) is 26.9. The number of rotatable bonds is 3. The number of para-hydroxylation sites is 1. The number of aromatic hydroxyl groups is 1. The maximum absolute atomic E-state index is 11.6. The van der Waals surface area contributed by atoms with Gasteiger partial charge in [0.2, 0.25) is 0 Å². The molecule has 0 aliphatic rings. The first-order valence-corrected chi connectivity index (χ1v) is 16.2. The van der Waals surface area contributed by atoms with Gasteiger partial charge in [0.1, 0.15) is 16.7 Å². The van der Waals surface area contributed by atoms with E-state index in [9.17, 15) is 5.11 Å². The van der Waals surface area contributed by atoms with Crippen molar-refractivity contribution < 1.29 is 13.9 Å². The number of phenolic OH excluding ortho intramolecular Hbond substituents is 1. The van der Waals surface area contributed by atoms with Crippen LogP contribution in [0.1, 0.15) is 5.56 Å². The molecule has 0 atom stereocenters. The Hall–Kier alpha value is -6.32. The molecule has 0 amide bonds. The van der Waals surface area contributed by atoms with Crippen LogP contribution in [0, 0.1) is 6.92 Å². The van der Waals surface area contributed by atoms with Crippen LogP contribution in [0.25, 0.3) is 98.8 Å². The summed E-state index contributed by atoms with van der Waals surface area (Å²) in [7, 11) is 0. The lowest BCUT2D eigenvalue weighted by Gasteiger charge is -2.18. The van der Waals surface area contributed by atoms with Gasteiger partial charge in [-0.15, -0.1) is 0 Å². The minimum atomic E-state index is 0.163. The largest absolute Gasteiger partial charge is 0.504 e. The van der Waals surface area contributed by atoms with Gasteiger partial charge in [0.15, 0.2) is 11.3 Å². The molecule has 0 saturated carbocycles. The third kappa shape index (κ3) is 3.76. The molecule has 0 unspecified atom stereocenters. The van der Waals surface area contributed by atoms with Gasteiger partial charge in [0, 0.05) is 27.1 Å². The highest BCUT2D eigenvalue weighted by molar-refractivity contribution is 6.26. The number of phenols is 1. The summed E-state index contributed by atoms with van der Waals surface area (Å²) < 4.78 is 12.7. The average molecular weight is 617 g/mol. The van der Waals surface area contributed by atoms with Gasteiger partial charge in [-0.3, -0.25) is 0 Å². The summed E-state index contributed by atoms with van der Waals surface area (Å²) in [4.78, 5) is 0. The van der Waals surface area contributed by atoms with E-state index < -0.39 is 0 Å². The van der Waals surface area contributed by atoms with Gasteiger partial charge in [0.05, 0.1) is 0 Å². The van der Waals surface area contributed by atoms with E-state index in [2.05, 4.69) is 110 Å². The lowest BCUT2D eigenvalue weighted by molar-refractivity contribution is 0.470. The fourth-order valence-corrected chi connectivity index (χ4v) is 7.79. The Balaban J connectivity index is 1.28. The highest BCUT2D eigenvalue weighted by Crippen LogP contribution is 2.49. The summed E-state index contributed by atoms with van der Waals surface area (Å²) in [5, 5.41) is 20.4. The standard InChI is InChI=1S/C45H28O3/c1-26-11-2-3-12-28(26)34-22-23-36-43-35(18-10-20-40(43)48-45(36)44(34)46)42-32-16-6-4-14-30(32)41(31-15-5-7-17-33(31)42)27-21-24-39-37(25-27)29-13-8-9-19-38(29)47-39/h2-25,46H,1H3. The van der Waals surface area contributed by atoms with Crippen molar-refractivity contribution in [2.24, 2.45) is 0 Å². The molecule has 2 heterocycles. The summed E-state index contributed by atoms with van der Waals surface area (Å²) in [6, 6.07) is 50.6. The normalized spacial score (nSPS) is 11.9. The Labute approximate surface area is 275 Å². The summed E-state index contributed by atoms with van der Waals surface area (Å²) in [5.41, 5.74) is 10.5. The van der Waals surface area contributed by atoms with E-state index in [1.807, 2.05) is 42.5 Å². The monoisotopic (exact) mass is 616 g/mol. The molecule has 0 fully saturated rings. The van der Waals surface area contributed by atoms with E-state index in [4.69, 9.17) is 8.83 Å². The summed E-state index contributed by atoms with van der Waals surface area (Å²) in [5.74, 6) is 0.163. The third-order valence-corrected chi connectivity index (χ3v) is 9.94. The van der Waals surface area contributed by atoms with E-state index in [0.29, 0.717) is 5.58 Å². The fourth-order valence-electron chi connectivity index (χ4n) is 7.79. The van der Waals surface area contributed by atoms with E-state index >= 15 is 0 Å². The molecule has 0 bridgehead atoms. The van der Waals surface area contributed by atoms with Crippen molar-refractivity contribution in [1.29, 1.82) is 0 Å². The minimum absolute atomic E-state index is 0.163. The molecule has 48 heavy (non-hydrogen) atoms. The van der Waals surface area contributed by atoms with Crippen LogP contribution in [-0.2, 0) is 0 Å². The maximum atomic E-state index is 11.6. The van der Waals surface area contributed by atoms with Gasteiger partial charge in [-0.2, -0.15) is 0 Å². The van der Waals surface area contributed by atoms with Crippen LogP contribution in [0.15, 0.2) is 154 Å². The highest BCUT2D eigenvalue weighted by Gasteiger charge is 2.22. The Kier molecular flexibility index (Phi) is 5.64. The highest BCUT2D eigenvalue weighted by atomic mass is 16.4. The van der Waals surface area contributed by atoms with Gasteiger partial charge >= 0.3 is 0 Å². The molecule has 3 nitrogen and oxygen atoms in total. The van der Waals surface area contributed by atoms with Crippen LogP contribution in [0.5, 0.6) is 5.75 Å². The molecule has 10 rings (SSSR count). The van der Waals surface area contributed by atoms with Crippen LogP contribution in [0.4, 0.5) is 0 Å². The number of aryl methyl sites for hydroxylation is 1. The number of hydrogen-bond acceptors (Lipinski definition) is 3. The molecule has 3 heteroatoms. The van der Waals surface area contributed by atoms with Crippen molar-refractivity contribution in [2.75, 3.05) is 0 Å². The second kappa shape index (κ2) is 10.1. The van der Waals surface area contributed by atoms with Crippen molar-refractivity contribution >= 4 is 65.4 Å². The second-order valence-corrected chi connectivity index (χ2v) is 12.6. The van der Waals surface area contributed by atoms with Crippen LogP contribution in [0.2, 0.25) is 0 Å². The zero-order valence-electron chi connectivity index (χ0n) is 26.1. The van der Waals surface area contributed by atoms with E-state index in [0.717, 1.165) is 82.4 Å². The van der Waals surface area contributed by atoms with Crippen molar-refractivity contribution in [2.45, 2.75) is 6.92 Å². The van der Waals surface area contributed by atoms with Gasteiger partial charge in [-0.1, -0.05) is 109 Å². The first-order chi connectivity index (χ1) is 23.7. The van der Waals surface area contributed by atoms with Gasteiger partial charge in [-0.25, -0.2) is 0 Å². The van der Waals surface area contributed by atoms with E-state index in [-0.39, 0.29) is 5.75 Å². The van der Waals surface area contributed by atoms with Gasteiger partial charge < -0.3 is 13.9 Å². The average Bonchev–Trinajstić information content (AvgIpc) is 3.70. The maximum Gasteiger partial charge on any atom is 0.177 e. The zero-order valence-corrected chi connectivity index (χ0v) is 26.1. The first-order valence-electron chi connectivity index (χ1n) is 16.2. The summed E-state index contributed by atoms with van der Waals surface area (Å²) >= 11 is 0. The summed E-state index contributed by atoms with van der Waals surface area (Å²) in [6.07, 6.45) is 0. The molecule has 0 spiro atoms.